The lowest BCUT2D eigenvalue weighted by atomic mass is 10.1. The van der Waals surface area contributed by atoms with Gasteiger partial charge in [-0.15, -0.1) is 23.2 Å². The summed E-state index contributed by atoms with van der Waals surface area (Å²) < 4.78 is 0.596. The van der Waals surface area contributed by atoms with Crippen molar-refractivity contribution in [2.75, 3.05) is 5.32 Å². The average molecular weight is 311 g/mol. The van der Waals surface area contributed by atoms with Crippen molar-refractivity contribution < 1.29 is 4.79 Å². The number of halogens is 2. The first-order valence-corrected chi connectivity index (χ1v) is 6.83. The van der Waals surface area contributed by atoms with E-state index in [2.05, 4.69) is 15.4 Å². The highest BCUT2D eigenvalue weighted by atomic mass is 35.5. The van der Waals surface area contributed by atoms with Crippen LogP contribution in [0.4, 0.5) is 5.69 Å². The number of nitrogens with zero attached hydrogens (tertiary/aromatic N) is 3. The van der Waals surface area contributed by atoms with Crippen molar-refractivity contribution >= 4 is 34.8 Å². The van der Waals surface area contributed by atoms with Gasteiger partial charge in [0.15, 0.2) is 0 Å². The van der Waals surface area contributed by atoms with Gasteiger partial charge < -0.3 is 5.32 Å². The van der Waals surface area contributed by atoms with Crippen molar-refractivity contribution in [2.24, 2.45) is 5.41 Å². The lowest BCUT2D eigenvalue weighted by Crippen LogP contribution is -2.26. The summed E-state index contributed by atoms with van der Waals surface area (Å²) in [6.45, 7) is 1.75. The molecule has 3 rings (SSSR count). The number of rotatable bonds is 3. The van der Waals surface area contributed by atoms with E-state index < -0.39 is 9.75 Å². The predicted molar refractivity (Wildman–Crippen MR) is 77.1 cm³/mol. The monoisotopic (exact) mass is 310 g/mol. The van der Waals surface area contributed by atoms with Crippen LogP contribution >= 0.6 is 23.2 Å². The van der Waals surface area contributed by atoms with Gasteiger partial charge in [-0.2, -0.15) is 5.10 Å². The second-order valence-corrected chi connectivity index (χ2v) is 6.51. The van der Waals surface area contributed by atoms with Gasteiger partial charge in [0, 0.05) is 0 Å². The van der Waals surface area contributed by atoms with Crippen LogP contribution in [-0.4, -0.2) is 25.0 Å². The molecule has 5 nitrogen and oxygen atoms in total. The van der Waals surface area contributed by atoms with E-state index in [1.165, 1.54) is 6.33 Å². The number of carbonyl (C=O) groups excluding carboxylic acids is 1. The summed E-state index contributed by atoms with van der Waals surface area (Å²) in [6.07, 6.45) is 3.45. The van der Waals surface area contributed by atoms with Crippen LogP contribution in [0.5, 0.6) is 0 Å². The van der Waals surface area contributed by atoms with Gasteiger partial charge in [-0.25, -0.2) is 9.67 Å². The third-order valence-electron chi connectivity index (χ3n) is 3.58. The topological polar surface area (TPSA) is 59.8 Å². The van der Waals surface area contributed by atoms with Crippen molar-refractivity contribution in [3.05, 3.63) is 36.9 Å². The lowest BCUT2D eigenvalue weighted by Gasteiger charge is -2.15. The number of aromatic nitrogens is 3. The van der Waals surface area contributed by atoms with Crippen LogP contribution in [0, 0.1) is 5.41 Å². The molecule has 1 fully saturated rings. The molecular formula is C13H12Cl2N4O. The maximum atomic E-state index is 12.3. The third kappa shape index (κ3) is 2.07. The van der Waals surface area contributed by atoms with E-state index in [4.69, 9.17) is 23.2 Å². The van der Waals surface area contributed by atoms with Gasteiger partial charge in [0.05, 0.1) is 16.8 Å². The summed E-state index contributed by atoms with van der Waals surface area (Å²) in [5, 5.41) is 6.92. The minimum absolute atomic E-state index is 0.199. The zero-order valence-electron chi connectivity index (χ0n) is 10.7. The summed E-state index contributed by atoms with van der Waals surface area (Å²) in [5.41, 5.74) is 0.614. The molecular weight excluding hydrogens is 299 g/mol. The van der Waals surface area contributed by atoms with E-state index >= 15 is 0 Å². The van der Waals surface area contributed by atoms with Crippen LogP contribution in [0.3, 0.4) is 0 Å². The van der Waals surface area contributed by atoms with E-state index in [1.807, 2.05) is 18.2 Å². The Morgan fingerprint density at radius 3 is 2.70 bits per heavy atom. The van der Waals surface area contributed by atoms with E-state index in [0.29, 0.717) is 12.1 Å². The third-order valence-corrected chi connectivity index (χ3v) is 4.68. The quantitative estimate of drug-likeness (QED) is 0.887. The van der Waals surface area contributed by atoms with Gasteiger partial charge in [-0.3, -0.25) is 4.79 Å². The second kappa shape index (κ2) is 4.46. The summed E-state index contributed by atoms with van der Waals surface area (Å²) in [6, 6.07) is 7.33. The maximum absolute atomic E-state index is 12.3. The largest absolute Gasteiger partial charge is 0.324 e. The second-order valence-electron chi connectivity index (χ2n) is 5.02. The zero-order chi connectivity index (χ0) is 14.4. The molecule has 1 heterocycles. The van der Waals surface area contributed by atoms with E-state index in [-0.39, 0.29) is 5.91 Å². The smallest absolute Gasteiger partial charge is 0.233 e. The number of amides is 1. The minimum Gasteiger partial charge on any atom is -0.324 e. The predicted octanol–water partition coefficient (Wildman–Crippen LogP) is 2.79. The summed E-state index contributed by atoms with van der Waals surface area (Å²) >= 11 is 12.1. The fourth-order valence-electron chi connectivity index (χ4n) is 2.02. The van der Waals surface area contributed by atoms with Crippen LogP contribution in [0.15, 0.2) is 36.9 Å². The molecule has 1 atom stereocenters. The number of carbonyl (C=O) groups is 1. The van der Waals surface area contributed by atoms with Crippen LogP contribution in [0.1, 0.15) is 13.3 Å². The number of anilines is 1. The van der Waals surface area contributed by atoms with Gasteiger partial charge in [0.2, 0.25) is 5.91 Å². The number of hydrogen-bond acceptors (Lipinski definition) is 3. The van der Waals surface area contributed by atoms with Crippen molar-refractivity contribution in [3.8, 4) is 5.69 Å². The Morgan fingerprint density at radius 2 is 2.10 bits per heavy atom. The molecule has 0 saturated heterocycles. The molecule has 0 bridgehead atoms. The molecule has 1 aromatic carbocycles. The Kier molecular flexibility index (Phi) is 2.99. The Bertz CT molecular complexity index is 656. The summed E-state index contributed by atoms with van der Waals surface area (Å²) in [5.74, 6) is -0.199. The van der Waals surface area contributed by atoms with E-state index in [0.717, 1.165) is 5.69 Å². The number of para-hydroxylation sites is 2. The summed E-state index contributed by atoms with van der Waals surface area (Å²) in [7, 11) is 0. The molecule has 7 heteroatoms. The van der Waals surface area contributed by atoms with Gasteiger partial charge in [0.1, 0.15) is 17.0 Å². The zero-order valence-corrected chi connectivity index (χ0v) is 12.2. The van der Waals surface area contributed by atoms with Crippen molar-refractivity contribution in [3.63, 3.8) is 0 Å². The molecule has 0 aliphatic heterocycles. The lowest BCUT2D eigenvalue weighted by molar-refractivity contribution is -0.120. The van der Waals surface area contributed by atoms with E-state index in [1.54, 1.807) is 24.0 Å². The molecule has 1 N–H and O–H groups in total. The van der Waals surface area contributed by atoms with Crippen molar-refractivity contribution in [2.45, 2.75) is 17.7 Å². The number of alkyl halides is 2. The first-order chi connectivity index (χ1) is 9.44. The molecule has 2 aromatic rings. The molecule has 0 unspecified atom stereocenters. The number of benzene rings is 1. The van der Waals surface area contributed by atoms with Crippen molar-refractivity contribution in [1.82, 2.24) is 14.8 Å². The Hall–Kier alpha value is -1.59. The Balaban J connectivity index is 1.88. The first-order valence-electron chi connectivity index (χ1n) is 6.07. The Labute approximate surface area is 125 Å². The van der Waals surface area contributed by atoms with Crippen LogP contribution in [-0.2, 0) is 4.79 Å². The fourth-order valence-corrected chi connectivity index (χ4v) is 2.72. The highest BCUT2D eigenvalue weighted by Crippen LogP contribution is 2.64. The minimum atomic E-state index is -0.987. The highest BCUT2D eigenvalue weighted by Gasteiger charge is 2.67. The maximum Gasteiger partial charge on any atom is 0.233 e. The molecule has 0 spiro atoms. The average Bonchev–Trinajstić information content (AvgIpc) is 2.82. The molecule has 104 valence electrons. The number of hydrogen-bond donors (Lipinski definition) is 1. The van der Waals surface area contributed by atoms with Crippen LogP contribution < -0.4 is 5.32 Å². The number of nitrogens with one attached hydrogen (secondary N) is 1. The first kappa shape index (κ1) is 13.4. The van der Waals surface area contributed by atoms with Crippen LogP contribution in [0.25, 0.3) is 5.69 Å². The van der Waals surface area contributed by atoms with Crippen LogP contribution in [0.2, 0.25) is 0 Å². The van der Waals surface area contributed by atoms with Gasteiger partial charge in [-0.05, 0) is 25.5 Å². The Morgan fingerprint density at radius 1 is 1.40 bits per heavy atom. The standard InChI is InChI=1S/C13H12Cl2N4O/c1-12(6-13(12,14)15)11(20)18-9-4-2-3-5-10(9)19-8-16-7-17-19/h2-5,7-8H,6H2,1H3,(H,18,20)/t12-/m1/s1. The fraction of sp³-hybridized carbons (Fsp3) is 0.308. The van der Waals surface area contributed by atoms with Gasteiger partial charge in [0.25, 0.3) is 0 Å². The molecule has 1 saturated carbocycles. The highest BCUT2D eigenvalue weighted by molar-refractivity contribution is 6.53. The SMILES string of the molecule is C[C@]1(C(=O)Nc2ccccc2-n2cncn2)CC1(Cl)Cl. The molecule has 20 heavy (non-hydrogen) atoms. The molecule has 1 aliphatic rings. The normalized spacial score (nSPS) is 23.4. The molecule has 1 aliphatic carbocycles. The molecule has 0 radical (unpaired) electrons. The summed E-state index contributed by atoms with van der Waals surface area (Å²) in [4.78, 5) is 16.2. The van der Waals surface area contributed by atoms with Crippen molar-refractivity contribution in [1.29, 1.82) is 0 Å². The van der Waals surface area contributed by atoms with E-state index in [9.17, 15) is 4.79 Å². The molecule has 1 amide bonds. The van der Waals surface area contributed by atoms with Gasteiger partial charge >= 0.3 is 0 Å². The van der Waals surface area contributed by atoms with Gasteiger partial charge in [-0.1, -0.05) is 12.1 Å². The molecule has 1 aromatic heterocycles.